The van der Waals surface area contributed by atoms with Gasteiger partial charge in [0.15, 0.2) is 0 Å². The Morgan fingerprint density at radius 1 is 1.57 bits per heavy atom. The van der Waals surface area contributed by atoms with Crippen molar-refractivity contribution in [1.29, 1.82) is 0 Å². The van der Waals surface area contributed by atoms with Crippen LogP contribution in [0.2, 0.25) is 5.02 Å². The van der Waals surface area contributed by atoms with Crippen LogP contribution in [0.3, 0.4) is 0 Å². The number of rotatable bonds is 2. The van der Waals surface area contributed by atoms with Crippen molar-refractivity contribution < 1.29 is 18.3 Å². The van der Waals surface area contributed by atoms with Gasteiger partial charge in [0.25, 0.3) is 6.43 Å². The maximum absolute atomic E-state index is 12.5. The molecule has 1 heterocycles. The number of ether oxygens (including phenoxy) is 1. The highest BCUT2D eigenvalue weighted by Crippen LogP contribution is 2.29. The van der Waals surface area contributed by atoms with Crippen LogP contribution in [0, 0.1) is 0 Å². The summed E-state index contributed by atoms with van der Waals surface area (Å²) in [6, 6.07) is 0. The molecule has 14 heavy (non-hydrogen) atoms. The maximum Gasteiger partial charge on any atom is 0.339 e. The SMILES string of the molecule is COC(=O)c1cncc(Cl)c1C(F)F. The van der Waals surface area contributed by atoms with E-state index in [4.69, 9.17) is 11.6 Å². The third-order valence-corrected chi connectivity index (χ3v) is 1.86. The molecule has 0 aromatic carbocycles. The largest absolute Gasteiger partial charge is 0.465 e. The zero-order valence-electron chi connectivity index (χ0n) is 7.13. The molecule has 0 saturated carbocycles. The number of pyridine rings is 1. The van der Waals surface area contributed by atoms with Gasteiger partial charge in [0.2, 0.25) is 0 Å². The average Bonchev–Trinajstić information content (AvgIpc) is 2.15. The Morgan fingerprint density at radius 2 is 2.21 bits per heavy atom. The van der Waals surface area contributed by atoms with Crippen LogP contribution in [0.1, 0.15) is 22.3 Å². The number of alkyl halides is 2. The molecule has 0 saturated heterocycles. The summed E-state index contributed by atoms with van der Waals surface area (Å²) >= 11 is 5.48. The van der Waals surface area contributed by atoms with Crippen LogP contribution < -0.4 is 0 Å². The van der Waals surface area contributed by atoms with Crippen molar-refractivity contribution >= 4 is 17.6 Å². The highest BCUT2D eigenvalue weighted by Gasteiger charge is 2.22. The van der Waals surface area contributed by atoms with Gasteiger partial charge in [0.1, 0.15) is 0 Å². The summed E-state index contributed by atoms with van der Waals surface area (Å²) in [5.74, 6) is -0.879. The molecule has 6 heteroatoms. The van der Waals surface area contributed by atoms with E-state index in [-0.39, 0.29) is 10.6 Å². The van der Waals surface area contributed by atoms with Crippen molar-refractivity contribution in [2.75, 3.05) is 7.11 Å². The second-order valence-electron chi connectivity index (χ2n) is 2.37. The first-order valence-electron chi connectivity index (χ1n) is 3.57. The van der Waals surface area contributed by atoms with Crippen molar-refractivity contribution in [3.63, 3.8) is 0 Å². The van der Waals surface area contributed by atoms with Crippen molar-refractivity contribution in [3.05, 3.63) is 28.5 Å². The Balaban J connectivity index is 3.28. The highest BCUT2D eigenvalue weighted by molar-refractivity contribution is 6.31. The number of hydrogen-bond donors (Lipinski definition) is 0. The lowest BCUT2D eigenvalue weighted by Crippen LogP contribution is -2.07. The summed E-state index contributed by atoms with van der Waals surface area (Å²) in [6.07, 6.45) is -0.783. The van der Waals surface area contributed by atoms with Crippen LogP contribution in [0.25, 0.3) is 0 Å². The normalized spacial score (nSPS) is 10.4. The van der Waals surface area contributed by atoms with Gasteiger partial charge in [-0.25, -0.2) is 13.6 Å². The van der Waals surface area contributed by atoms with Gasteiger partial charge in [-0.3, -0.25) is 4.98 Å². The fourth-order valence-electron chi connectivity index (χ4n) is 0.939. The van der Waals surface area contributed by atoms with Crippen LogP contribution in [0.15, 0.2) is 12.4 Å². The molecule has 0 radical (unpaired) electrons. The van der Waals surface area contributed by atoms with Gasteiger partial charge in [-0.15, -0.1) is 0 Å². The minimum Gasteiger partial charge on any atom is -0.465 e. The molecule has 0 aliphatic rings. The minimum atomic E-state index is -2.83. The number of methoxy groups -OCH3 is 1. The monoisotopic (exact) mass is 221 g/mol. The molecule has 1 rings (SSSR count). The molecule has 0 aliphatic carbocycles. The molecular weight excluding hydrogens is 216 g/mol. The van der Waals surface area contributed by atoms with Gasteiger partial charge in [-0.1, -0.05) is 11.6 Å². The van der Waals surface area contributed by atoms with Gasteiger partial charge in [-0.2, -0.15) is 0 Å². The second-order valence-corrected chi connectivity index (χ2v) is 2.78. The van der Waals surface area contributed by atoms with Gasteiger partial charge >= 0.3 is 5.97 Å². The summed E-state index contributed by atoms with van der Waals surface area (Å²) in [6.45, 7) is 0. The van der Waals surface area contributed by atoms with E-state index in [9.17, 15) is 13.6 Å². The number of nitrogens with zero attached hydrogens (tertiary/aromatic N) is 1. The Kier molecular flexibility index (Phi) is 3.35. The predicted octanol–water partition coefficient (Wildman–Crippen LogP) is 2.46. The summed E-state index contributed by atoms with van der Waals surface area (Å²) in [5.41, 5.74) is -0.858. The molecule has 0 amide bonds. The number of carbonyl (C=O) groups excluding carboxylic acids is 1. The second kappa shape index (κ2) is 4.32. The Hall–Kier alpha value is -1.23. The number of halogens is 3. The van der Waals surface area contributed by atoms with E-state index in [0.29, 0.717) is 0 Å². The van der Waals surface area contributed by atoms with E-state index in [1.165, 1.54) is 0 Å². The molecule has 3 nitrogen and oxygen atoms in total. The smallest absolute Gasteiger partial charge is 0.339 e. The summed E-state index contributed by atoms with van der Waals surface area (Å²) < 4.78 is 29.2. The number of esters is 1. The molecule has 0 bridgehead atoms. The fraction of sp³-hybridized carbons (Fsp3) is 0.250. The Bertz CT molecular complexity index is 357. The zero-order chi connectivity index (χ0) is 10.7. The van der Waals surface area contributed by atoms with E-state index in [0.717, 1.165) is 19.5 Å². The molecule has 1 aromatic heterocycles. The van der Waals surface area contributed by atoms with Crippen molar-refractivity contribution in [2.45, 2.75) is 6.43 Å². The third-order valence-electron chi connectivity index (χ3n) is 1.56. The molecule has 0 unspecified atom stereocenters. The summed E-state index contributed by atoms with van der Waals surface area (Å²) in [4.78, 5) is 14.6. The molecule has 0 atom stereocenters. The maximum atomic E-state index is 12.5. The standard InChI is InChI=1S/C8H6ClF2NO2/c1-14-8(13)4-2-12-3-5(9)6(4)7(10)11/h2-3,7H,1H3. The van der Waals surface area contributed by atoms with Gasteiger partial charge in [0, 0.05) is 12.4 Å². The zero-order valence-corrected chi connectivity index (χ0v) is 7.89. The quantitative estimate of drug-likeness (QED) is 0.720. The van der Waals surface area contributed by atoms with E-state index in [2.05, 4.69) is 9.72 Å². The summed E-state index contributed by atoms with van der Waals surface area (Å²) in [5, 5.41) is -0.247. The molecule has 0 N–H and O–H groups in total. The molecular formula is C8H6ClF2NO2. The lowest BCUT2D eigenvalue weighted by molar-refractivity contribution is 0.0588. The van der Waals surface area contributed by atoms with Crippen LogP contribution >= 0.6 is 11.6 Å². The summed E-state index contributed by atoms with van der Waals surface area (Å²) in [7, 11) is 1.10. The van der Waals surface area contributed by atoms with Crippen molar-refractivity contribution in [3.8, 4) is 0 Å². The lowest BCUT2D eigenvalue weighted by atomic mass is 10.1. The fourth-order valence-corrected chi connectivity index (χ4v) is 1.18. The number of hydrogen-bond acceptors (Lipinski definition) is 3. The van der Waals surface area contributed by atoms with E-state index >= 15 is 0 Å². The number of carbonyl (C=O) groups is 1. The Morgan fingerprint density at radius 3 is 2.71 bits per heavy atom. The number of aromatic nitrogens is 1. The molecule has 1 aromatic rings. The predicted molar refractivity (Wildman–Crippen MR) is 45.5 cm³/mol. The third kappa shape index (κ3) is 1.98. The van der Waals surface area contributed by atoms with E-state index in [1.807, 2.05) is 0 Å². The van der Waals surface area contributed by atoms with Gasteiger partial charge in [-0.05, 0) is 0 Å². The first-order valence-corrected chi connectivity index (χ1v) is 3.95. The van der Waals surface area contributed by atoms with Crippen LogP contribution in [0.4, 0.5) is 8.78 Å². The molecule has 76 valence electrons. The van der Waals surface area contributed by atoms with Crippen molar-refractivity contribution in [2.24, 2.45) is 0 Å². The highest BCUT2D eigenvalue weighted by atomic mass is 35.5. The first-order chi connectivity index (χ1) is 6.57. The van der Waals surface area contributed by atoms with Crippen LogP contribution in [-0.2, 0) is 4.74 Å². The Labute approximate surface area is 83.7 Å². The molecule has 0 aliphatic heterocycles. The average molecular weight is 222 g/mol. The topological polar surface area (TPSA) is 39.2 Å². The molecule has 0 spiro atoms. The minimum absolute atomic E-state index is 0.247. The van der Waals surface area contributed by atoms with E-state index < -0.39 is 18.0 Å². The van der Waals surface area contributed by atoms with Crippen molar-refractivity contribution in [1.82, 2.24) is 4.98 Å². The first kappa shape index (κ1) is 10.8. The van der Waals surface area contributed by atoms with E-state index in [1.54, 1.807) is 0 Å². The van der Waals surface area contributed by atoms with Gasteiger partial charge < -0.3 is 4.74 Å². The van der Waals surface area contributed by atoms with Gasteiger partial charge in [0.05, 0.1) is 23.3 Å². The van der Waals surface area contributed by atoms with Crippen LogP contribution in [0.5, 0.6) is 0 Å². The molecule has 0 fully saturated rings. The lowest BCUT2D eigenvalue weighted by Gasteiger charge is -2.07. The van der Waals surface area contributed by atoms with Crippen LogP contribution in [-0.4, -0.2) is 18.1 Å².